The summed E-state index contributed by atoms with van der Waals surface area (Å²) in [6.07, 6.45) is -7.51. The van der Waals surface area contributed by atoms with Gasteiger partial charge in [0.15, 0.2) is 5.82 Å². The van der Waals surface area contributed by atoms with E-state index in [0.717, 1.165) is 6.07 Å². The van der Waals surface area contributed by atoms with E-state index in [1.165, 1.54) is 30.3 Å². The fourth-order valence-corrected chi connectivity index (χ4v) is 3.36. The zero-order valence-electron chi connectivity index (χ0n) is 16.0. The number of aromatic amines is 1. The fraction of sp³-hybridized carbons (Fsp3) is 0.300. The maximum Gasteiger partial charge on any atom is 0.418 e. The minimum absolute atomic E-state index is 0.00217. The Balaban J connectivity index is 1.61. The predicted octanol–water partition coefficient (Wildman–Crippen LogP) is 4.61. The number of carbonyl (C=O) groups is 1. The smallest absolute Gasteiger partial charge is 0.378 e. The summed E-state index contributed by atoms with van der Waals surface area (Å²) in [6.45, 7) is 1.77. The number of carbonyl (C=O) groups excluding carboxylic acids is 1. The minimum atomic E-state index is -4.69. The number of hydrogen-bond donors (Lipinski definition) is 2. The molecule has 0 spiro atoms. The van der Waals surface area contributed by atoms with Gasteiger partial charge in [0.05, 0.1) is 35.5 Å². The molecule has 0 radical (unpaired) electrons. The molecule has 0 atom stereocenters. The molecule has 1 amide bonds. The van der Waals surface area contributed by atoms with E-state index in [9.17, 15) is 26.7 Å². The van der Waals surface area contributed by atoms with E-state index >= 15 is 0 Å². The first-order chi connectivity index (χ1) is 14.7. The van der Waals surface area contributed by atoms with Gasteiger partial charge in [-0.3, -0.25) is 4.79 Å². The van der Waals surface area contributed by atoms with Crippen molar-refractivity contribution in [1.82, 2.24) is 9.97 Å². The van der Waals surface area contributed by atoms with Crippen LogP contribution in [0.3, 0.4) is 0 Å². The third-order valence-electron chi connectivity index (χ3n) is 4.90. The lowest BCUT2D eigenvalue weighted by molar-refractivity contribution is -0.136. The first kappa shape index (κ1) is 21.0. The van der Waals surface area contributed by atoms with Gasteiger partial charge in [0.25, 0.3) is 12.3 Å². The van der Waals surface area contributed by atoms with Crippen LogP contribution < -0.4 is 10.2 Å². The van der Waals surface area contributed by atoms with Crippen molar-refractivity contribution in [1.29, 1.82) is 0 Å². The Labute approximate surface area is 173 Å². The number of fused-ring (bicyclic) bond motifs is 1. The molecule has 6 nitrogen and oxygen atoms in total. The van der Waals surface area contributed by atoms with Crippen LogP contribution in [-0.2, 0) is 10.9 Å². The monoisotopic (exact) mass is 440 g/mol. The van der Waals surface area contributed by atoms with E-state index in [0.29, 0.717) is 32.0 Å². The molecule has 164 valence electrons. The first-order valence-corrected chi connectivity index (χ1v) is 9.35. The highest BCUT2D eigenvalue weighted by atomic mass is 19.4. The summed E-state index contributed by atoms with van der Waals surface area (Å²) >= 11 is 0. The number of hydrogen-bond acceptors (Lipinski definition) is 4. The maximum atomic E-state index is 13.7. The number of nitrogens with zero attached hydrogens (tertiary/aromatic N) is 2. The number of imidazole rings is 1. The number of ether oxygens (including phenoxy) is 1. The summed E-state index contributed by atoms with van der Waals surface area (Å²) in [6, 6.07) is 7.62. The van der Waals surface area contributed by atoms with Crippen LogP contribution in [0, 0.1) is 0 Å². The molecule has 11 heteroatoms. The zero-order valence-corrected chi connectivity index (χ0v) is 16.0. The van der Waals surface area contributed by atoms with Crippen molar-refractivity contribution in [3.63, 3.8) is 0 Å². The summed E-state index contributed by atoms with van der Waals surface area (Å²) in [5, 5.41) is 2.27. The molecule has 0 bridgehead atoms. The largest absolute Gasteiger partial charge is 0.418 e. The molecule has 31 heavy (non-hydrogen) atoms. The average molecular weight is 440 g/mol. The van der Waals surface area contributed by atoms with Crippen molar-refractivity contribution in [2.75, 3.05) is 36.5 Å². The standard InChI is InChI=1S/C20H17F5N4O2/c21-17(22)18-26-15-3-1-11(9-16(15)27-18)19(30)28-14-4-2-12(10-13(14)20(23,24)25)29-5-7-31-8-6-29/h1-4,9-10,17H,5-8H2,(H,26,27)(H,28,30). The molecule has 2 heterocycles. The van der Waals surface area contributed by atoms with Crippen LogP contribution in [0.5, 0.6) is 0 Å². The van der Waals surface area contributed by atoms with Crippen molar-refractivity contribution >= 4 is 28.3 Å². The second-order valence-corrected chi connectivity index (χ2v) is 6.94. The molecule has 0 saturated carbocycles. The van der Waals surface area contributed by atoms with Gasteiger partial charge in [-0.2, -0.15) is 13.2 Å². The van der Waals surface area contributed by atoms with Crippen LogP contribution in [0.4, 0.5) is 33.3 Å². The molecular formula is C20H17F5N4O2. The van der Waals surface area contributed by atoms with E-state index < -0.39 is 35.6 Å². The highest BCUT2D eigenvalue weighted by Gasteiger charge is 2.35. The predicted molar refractivity (Wildman–Crippen MR) is 103 cm³/mol. The molecule has 2 N–H and O–H groups in total. The molecular weight excluding hydrogens is 423 g/mol. The Morgan fingerprint density at radius 1 is 1.13 bits per heavy atom. The summed E-state index contributed by atoms with van der Waals surface area (Å²) < 4.78 is 71.8. The first-order valence-electron chi connectivity index (χ1n) is 9.35. The number of amides is 1. The Kier molecular flexibility index (Phi) is 5.52. The summed E-state index contributed by atoms with van der Waals surface area (Å²) in [5.41, 5.74) is -0.589. The second kappa shape index (κ2) is 8.14. The lowest BCUT2D eigenvalue weighted by atomic mass is 10.1. The number of nitrogens with one attached hydrogen (secondary N) is 2. The number of morpholine rings is 1. The Morgan fingerprint density at radius 3 is 2.55 bits per heavy atom. The van der Waals surface area contributed by atoms with Crippen LogP contribution in [0.2, 0.25) is 0 Å². The van der Waals surface area contributed by atoms with Crippen LogP contribution in [0.1, 0.15) is 28.2 Å². The molecule has 2 aromatic carbocycles. The van der Waals surface area contributed by atoms with Gasteiger partial charge < -0.3 is 19.9 Å². The number of alkyl halides is 5. The molecule has 1 aliphatic heterocycles. The van der Waals surface area contributed by atoms with Crippen molar-refractivity contribution in [3.8, 4) is 0 Å². The lowest BCUT2D eigenvalue weighted by Crippen LogP contribution is -2.36. The van der Waals surface area contributed by atoms with Gasteiger partial charge in [-0.05, 0) is 36.4 Å². The number of anilines is 2. The Morgan fingerprint density at radius 2 is 1.87 bits per heavy atom. The third kappa shape index (κ3) is 4.46. The highest BCUT2D eigenvalue weighted by molar-refractivity contribution is 6.06. The van der Waals surface area contributed by atoms with Gasteiger partial charge in [-0.15, -0.1) is 0 Å². The number of aromatic nitrogens is 2. The minimum Gasteiger partial charge on any atom is -0.378 e. The maximum absolute atomic E-state index is 13.7. The van der Waals surface area contributed by atoms with E-state index in [4.69, 9.17) is 4.74 Å². The van der Waals surface area contributed by atoms with Crippen molar-refractivity contribution in [2.24, 2.45) is 0 Å². The Hall–Kier alpha value is -3.21. The summed E-state index contributed by atoms with van der Waals surface area (Å²) in [5.74, 6) is -1.36. The molecule has 0 unspecified atom stereocenters. The van der Waals surface area contributed by atoms with Gasteiger partial charge in [0.1, 0.15) is 0 Å². The van der Waals surface area contributed by atoms with Crippen LogP contribution >= 0.6 is 0 Å². The van der Waals surface area contributed by atoms with Gasteiger partial charge in [0.2, 0.25) is 0 Å². The third-order valence-corrected chi connectivity index (χ3v) is 4.90. The molecule has 0 aliphatic carbocycles. The quantitative estimate of drug-likeness (QED) is 0.582. The van der Waals surface area contributed by atoms with Gasteiger partial charge in [-0.25, -0.2) is 13.8 Å². The fourth-order valence-electron chi connectivity index (χ4n) is 3.36. The van der Waals surface area contributed by atoms with Crippen LogP contribution in [0.25, 0.3) is 11.0 Å². The summed E-state index contributed by atoms with van der Waals surface area (Å²) in [7, 11) is 0. The van der Waals surface area contributed by atoms with Gasteiger partial charge in [-0.1, -0.05) is 0 Å². The van der Waals surface area contributed by atoms with E-state index in [1.54, 1.807) is 4.90 Å². The van der Waals surface area contributed by atoms with E-state index in [2.05, 4.69) is 15.3 Å². The number of halogens is 5. The van der Waals surface area contributed by atoms with Crippen LogP contribution in [-0.4, -0.2) is 42.2 Å². The normalized spacial score (nSPS) is 15.0. The van der Waals surface area contributed by atoms with E-state index in [-0.39, 0.29) is 16.6 Å². The molecule has 4 rings (SSSR count). The van der Waals surface area contributed by atoms with Crippen molar-refractivity contribution < 1.29 is 31.5 Å². The van der Waals surface area contributed by atoms with Crippen molar-refractivity contribution in [3.05, 3.63) is 53.3 Å². The van der Waals surface area contributed by atoms with Crippen molar-refractivity contribution in [2.45, 2.75) is 12.6 Å². The lowest BCUT2D eigenvalue weighted by Gasteiger charge is -2.29. The number of rotatable bonds is 4. The van der Waals surface area contributed by atoms with Crippen LogP contribution in [0.15, 0.2) is 36.4 Å². The number of H-pyrrole nitrogens is 1. The highest BCUT2D eigenvalue weighted by Crippen LogP contribution is 2.37. The molecule has 3 aromatic rings. The molecule has 1 saturated heterocycles. The average Bonchev–Trinajstić information content (AvgIpc) is 3.17. The summed E-state index contributed by atoms with van der Waals surface area (Å²) in [4.78, 5) is 20.4. The molecule has 1 aliphatic rings. The zero-order chi connectivity index (χ0) is 22.2. The second-order valence-electron chi connectivity index (χ2n) is 6.94. The molecule has 1 aromatic heterocycles. The van der Waals surface area contributed by atoms with Gasteiger partial charge in [0, 0.05) is 24.3 Å². The van der Waals surface area contributed by atoms with E-state index in [1.807, 2.05) is 0 Å². The van der Waals surface area contributed by atoms with Gasteiger partial charge >= 0.3 is 6.18 Å². The topological polar surface area (TPSA) is 70.2 Å². The number of benzene rings is 2. The molecule has 1 fully saturated rings. The Bertz CT molecular complexity index is 1110. The SMILES string of the molecule is O=C(Nc1ccc(N2CCOCC2)cc1C(F)(F)F)c1ccc2nc(C(F)F)[nH]c2c1.